The van der Waals surface area contributed by atoms with Crippen molar-refractivity contribution in [2.75, 3.05) is 0 Å². The minimum absolute atomic E-state index is 0.229. The second kappa shape index (κ2) is 3.43. The van der Waals surface area contributed by atoms with E-state index >= 15 is 0 Å². The molecule has 0 saturated carbocycles. The minimum atomic E-state index is -1.27. The van der Waals surface area contributed by atoms with Crippen molar-refractivity contribution in [3.63, 3.8) is 0 Å². The molecule has 1 heterocycles. The average molecular weight is 222 g/mol. The van der Waals surface area contributed by atoms with Gasteiger partial charge >= 0.3 is 5.97 Å². The van der Waals surface area contributed by atoms with Gasteiger partial charge in [0.05, 0.1) is 5.39 Å². The molecule has 0 aliphatic rings. The molecule has 0 spiro atoms. The molecule has 4 nitrogen and oxygen atoms in total. The number of thiol groups is 1. The number of fused-ring (bicyclic) bond motifs is 1. The molecule has 1 N–H and O–H groups in total. The van der Waals surface area contributed by atoms with E-state index in [1.807, 2.05) is 0 Å². The first-order valence-electron chi connectivity index (χ1n) is 4.09. The van der Waals surface area contributed by atoms with E-state index in [9.17, 15) is 9.59 Å². The van der Waals surface area contributed by atoms with Gasteiger partial charge in [0.25, 0.3) is 0 Å². The monoisotopic (exact) mass is 222 g/mol. The molecular weight excluding hydrogens is 216 g/mol. The molecule has 0 fully saturated rings. The van der Waals surface area contributed by atoms with Gasteiger partial charge in [0, 0.05) is 11.0 Å². The Morgan fingerprint density at radius 2 is 2.13 bits per heavy atom. The van der Waals surface area contributed by atoms with Crippen molar-refractivity contribution in [1.82, 2.24) is 0 Å². The first kappa shape index (κ1) is 9.79. The van der Waals surface area contributed by atoms with Crippen molar-refractivity contribution in [2.45, 2.75) is 4.90 Å². The number of carboxylic acids is 1. The van der Waals surface area contributed by atoms with Gasteiger partial charge < -0.3 is 9.52 Å². The summed E-state index contributed by atoms with van der Waals surface area (Å²) in [5.74, 6) is -1.63. The van der Waals surface area contributed by atoms with Gasteiger partial charge in [-0.15, -0.1) is 12.6 Å². The van der Waals surface area contributed by atoms with Gasteiger partial charge in [0.2, 0.25) is 5.76 Å². The summed E-state index contributed by atoms with van der Waals surface area (Å²) in [5.41, 5.74) is -0.174. The van der Waals surface area contributed by atoms with Crippen LogP contribution in [0.5, 0.6) is 0 Å². The fourth-order valence-electron chi connectivity index (χ4n) is 1.30. The topological polar surface area (TPSA) is 67.5 Å². The van der Waals surface area contributed by atoms with Crippen LogP contribution in [0.2, 0.25) is 0 Å². The Bertz CT molecular complexity index is 600. The second-order valence-corrected chi connectivity index (χ2v) is 3.41. The van der Waals surface area contributed by atoms with Gasteiger partial charge in [0.15, 0.2) is 5.43 Å². The Balaban J connectivity index is 2.91. The molecule has 2 rings (SSSR count). The van der Waals surface area contributed by atoms with Crippen LogP contribution in [-0.4, -0.2) is 11.1 Å². The van der Waals surface area contributed by atoms with Crippen molar-refractivity contribution in [3.8, 4) is 0 Å². The molecule has 0 saturated heterocycles. The Morgan fingerprint density at radius 3 is 2.80 bits per heavy atom. The lowest BCUT2D eigenvalue weighted by molar-refractivity contribution is 0.0663. The summed E-state index contributed by atoms with van der Waals surface area (Å²) >= 11 is 4.10. The number of hydrogen-bond donors (Lipinski definition) is 2. The third-order valence-electron chi connectivity index (χ3n) is 1.94. The smallest absolute Gasteiger partial charge is 0.371 e. The highest BCUT2D eigenvalue weighted by atomic mass is 32.1. The maximum absolute atomic E-state index is 11.6. The molecule has 15 heavy (non-hydrogen) atoms. The third kappa shape index (κ3) is 1.61. The summed E-state index contributed by atoms with van der Waals surface area (Å²) < 4.78 is 5.04. The van der Waals surface area contributed by atoms with Crippen molar-refractivity contribution >= 4 is 29.6 Å². The van der Waals surface area contributed by atoms with Gasteiger partial charge in [-0.1, -0.05) is 6.07 Å². The zero-order valence-corrected chi connectivity index (χ0v) is 8.32. The van der Waals surface area contributed by atoms with E-state index in [1.54, 1.807) is 12.1 Å². The van der Waals surface area contributed by atoms with E-state index in [2.05, 4.69) is 12.6 Å². The predicted molar refractivity (Wildman–Crippen MR) is 56.7 cm³/mol. The maximum atomic E-state index is 11.6. The fourth-order valence-corrected chi connectivity index (χ4v) is 1.60. The molecule has 0 bridgehead atoms. The minimum Gasteiger partial charge on any atom is -0.475 e. The highest BCUT2D eigenvalue weighted by Crippen LogP contribution is 2.19. The summed E-state index contributed by atoms with van der Waals surface area (Å²) in [7, 11) is 0. The van der Waals surface area contributed by atoms with E-state index in [0.29, 0.717) is 10.3 Å². The van der Waals surface area contributed by atoms with Crippen LogP contribution in [0.3, 0.4) is 0 Å². The van der Waals surface area contributed by atoms with E-state index in [1.165, 1.54) is 6.07 Å². The summed E-state index contributed by atoms with van der Waals surface area (Å²) in [6, 6.07) is 5.76. The quantitative estimate of drug-likeness (QED) is 0.722. The van der Waals surface area contributed by atoms with Crippen LogP contribution < -0.4 is 5.43 Å². The largest absolute Gasteiger partial charge is 0.475 e. The molecule has 1 aromatic carbocycles. The molecule has 0 atom stereocenters. The van der Waals surface area contributed by atoms with E-state index in [0.717, 1.165) is 6.07 Å². The van der Waals surface area contributed by atoms with Crippen LogP contribution in [0.4, 0.5) is 0 Å². The summed E-state index contributed by atoms with van der Waals surface area (Å²) in [4.78, 5) is 22.7. The summed E-state index contributed by atoms with van der Waals surface area (Å²) in [6.45, 7) is 0. The number of carboxylic acid groups (broad SMARTS) is 1. The first-order valence-corrected chi connectivity index (χ1v) is 4.53. The zero-order valence-electron chi connectivity index (χ0n) is 7.43. The summed E-state index contributed by atoms with van der Waals surface area (Å²) in [6.07, 6.45) is 0. The highest BCUT2D eigenvalue weighted by molar-refractivity contribution is 7.80. The lowest BCUT2D eigenvalue weighted by Crippen LogP contribution is -2.06. The van der Waals surface area contributed by atoms with Crippen LogP contribution in [0.15, 0.2) is 38.4 Å². The highest BCUT2D eigenvalue weighted by Gasteiger charge is 2.11. The Hall–Kier alpha value is -1.75. The summed E-state index contributed by atoms with van der Waals surface area (Å²) in [5, 5.41) is 8.98. The van der Waals surface area contributed by atoms with Crippen LogP contribution in [-0.2, 0) is 0 Å². The molecule has 2 aromatic rings. The molecule has 0 aliphatic carbocycles. The van der Waals surface area contributed by atoms with Gasteiger partial charge in [-0.2, -0.15) is 0 Å². The fraction of sp³-hybridized carbons (Fsp3) is 0. The lowest BCUT2D eigenvalue weighted by atomic mass is 10.2. The molecule has 0 aliphatic heterocycles. The van der Waals surface area contributed by atoms with E-state index in [-0.39, 0.29) is 11.3 Å². The van der Waals surface area contributed by atoms with Crippen LogP contribution in [0, 0.1) is 0 Å². The van der Waals surface area contributed by atoms with Crippen LogP contribution in [0.25, 0.3) is 11.0 Å². The SMILES string of the molecule is O=C(O)c1cc(=O)c2c(S)cccc2o1. The molecule has 76 valence electrons. The van der Waals surface area contributed by atoms with E-state index < -0.39 is 11.4 Å². The number of carbonyl (C=O) groups is 1. The number of benzene rings is 1. The second-order valence-electron chi connectivity index (χ2n) is 2.93. The molecule has 0 unspecified atom stereocenters. The van der Waals surface area contributed by atoms with Crippen molar-refractivity contribution < 1.29 is 14.3 Å². The standard InChI is InChI=1S/C10H6O4S/c11-5-4-7(10(12)13)14-6-2-1-3-8(15)9(5)6/h1-4,15H,(H,12,13). The van der Waals surface area contributed by atoms with Crippen LogP contribution >= 0.6 is 12.6 Å². The van der Waals surface area contributed by atoms with Gasteiger partial charge in [-0.05, 0) is 12.1 Å². The molecule has 0 radical (unpaired) electrons. The molecule has 5 heteroatoms. The van der Waals surface area contributed by atoms with Gasteiger partial charge in [0.1, 0.15) is 5.58 Å². The third-order valence-corrected chi connectivity index (χ3v) is 2.32. The maximum Gasteiger partial charge on any atom is 0.371 e. The Kier molecular flexibility index (Phi) is 2.24. The molecule has 1 aromatic heterocycles. The normalized spacial score (nSPS) is 10.5. The first-order chi connectivity index (χ1) is 7.09. The van der Waals surface area contributed by atoms with E-state index in [4.69, 9.17) is 9.52 Å². The Labute approximate surface area is 89.6 Å². The van der Waals surface area contributed by atoms with Crippen molar-refractivity contribution in [1.29, 1.82) is 0 Å². The van der Waals surface area contributed by atoms with Gasteiger partial charge in [-0.25, -0.2) is 4.79 Å². The number of hydrogen-bond acceptors (Lipinski definition) is 4. The van der Waals surface area contributed by atoms with Crippen molar-refractivity contribution in [2.24, 2.45) is 0 Å². The molecular formula is C10H6O4S. The predicted octanol–water partition coefficient (Wildman–Crippen LogP) is 1.78. The zero-order chi connectivity index (χ0) is 11.0. The van der Waals surface area contributed by atoms with Crippen molar-refractivity contribution in [3.05, 3.63) is 40.2 Å². The van der Waals surface area contributed by atoms with Crippen LogP contribution in [0.1, 0.15) is 10.6 Å². The average Bonchev–Trinajstić information content (AvgIpc) is 2.17. The molecule has 0 amide bonds. The lowest BCUT2D eigenvalue weighted by Gasteiger charge is -2.00. The Morgan fingerprint density at radius 1 is 1.40 bits per heavy atom. The number of rotatable bonds is 1. The number of aromatic carboxylic acids is 1. The van der Waals surface area contributed by atoms with Gasteiger partial charge in [-0.3, -0.25) is 4.79 Å².